The van der Waals surface area contributed by atoms with Crippen LogP contribution in [0.3, 0.4) is 0 Å². The molecule has 6 nitrogen and oxygen atoms in total. The molecule has 41 heavy (non-hydrogen) atoms. The molecule has 17 heteroatoms. The van der Waals surface area contributed by atoms with Crippen molar-refractivity contribution in [2.45, 2.75) is 61.1 Å². The number of hydrogen-bond acceptors (Lipinski definition) is 4. The summed E-state index contributed by atoms with van der Waals surface area (Å²) in [5.74, 6) is -2.96. The van der Waals surface area contributed by atoms with Gasteiger partial charge in [0, 0.05) is 60.2 Å². The molecular weight excluding hydrogens is 534 g/mol. The van der Waals surface area contributed by atoms with Crippen LogP contribution in [0.2, 0.25) is 0 Å². The van der Waals surface area contributed by atoms with Crippen LogP contribution in [0, 0.1) is 5.92 Å². The van der Waals surface area contributed by atoms with Gasteiger partial charge in [-0.1, -0.05) is 15.4 Å². The van der Waals surface area contributed by atoms with Gasteiger partial charge in [0.1, 0.15) is 12.3 Å². The Kier molecular flexibility index (Phi) is 7.34. The maximum Gasteiger partial charge on any atom is 0.408 e. The summed E-state index contributed by atoms with van der Waals surface area (Å²) in [6.45, 7) is -0.919. The Balaban J connectivity index is 1.64. The van der Waals surface area contributed by atoms with Crippen LogP contribution in [-0.2, 0) is 23.3 Å². The number of fused-ring (bicyclic) bond motifs is 1. The maximum absolute atomic E-state index is 13.8. The second kappa shape index (κ2) is 10.2. The molecule has 0 N–H and O–H groups in total. The minimum atomic E-state index is -4.46. The molecule has 5 rings (SSSR count). The molecule has 0 aromatic carbocycles. The predicted octanol–water partition coefficient (Wildman–Crippen LogP) is 3.17. The van der Waals surface area contributed by atoms with E-state index in [1.54, 1.807) is 12.3 Å². The quantitative estimate of drug-likeness (QED) is 0.261. The molecule has 12 radical (unpaired) electrons. The van der Waals surface area contributed by atoms with E-state index in [1.165, 1.54) is 18.6 Å². The van der Waals surface area contributed by atoms with Crippen molar-refractivity contribution in [3.05, 3.63) is 42.3 Å². The van der Waals surface area contributed by atoms with Gasteiger partial charge in [0.15, 0.2) is 0 Å². The minimum absolute atomic E-state index is 0.0778. The van der Waals surface area contributed by atoms with Crippen LogP contribution in [-0.4, -0.2) is 83.7 Å². The Morgan fingerprint density at radius 1 is 0.951 bits per heavy atom. The van der Waals surface area contributed by atoms with E-state index in [0.717, 1.165) is 4.68 Å². The first-order chi connectivity index (χ1) is 18.9. The third kappa shape index (κ3) is 6.33. The van der Waals surface area contributed by atoms with E-state index in [4.69, 9.17) is 51.6 Å². The average Bonchev–Trinajstić information content (AvgIpc) is 3.56. The van der Waals surface area contributed by atoms with Crippen molar-refractivity contribution in [1.29, 1.82) is 0 Å². The Morgan fingerprint density at radius 3 is 2.24 bits per heavy atom. The van der Waals surface area contributed by atoms with Crippen molar-refractivity contribution < 1.29 is 26.5 Å². The molecule has 1 saturated carbocycles. The maximum atomic E-state index is 13.8. The second-order valence-electron chi connectivity index (χ2n) is 10.7. The van der Waals surface area contributed by atoms with E-state index >= 15 is 0 Å². The van der Waals surface area contributed by atoms with Gasteiger partial charge < -0.3 is 9.09 Å². The normalized spacial score (nSPS) is 16.9. The molecule has 1 aliphatic rings. The van der Waals surface area contributed by atoms with Gasteiger partial charge in [-0.2, -0.15) is 18.3 Å². The van der Waals surface area contributed by atoms with Crippen molar-refractivity contribution >= 4 is 58.1 Å². The Labute approximate surface area is 240 Å². The lowest BCUT2D eigenvalue weighted by Crippen LogP contribution is -2.30. The molecule has 0 unspecified atom stereocenters. The molecule has 4 aromatic rings. The number of halogens is 5. The molecule has 0 saturated heterocycles. The largest absolute Gasteiger partial charge is 0.408 e. The molecule has 1 aliphatic carbocycles. The molecule has 0 atom stereocenters. The number of aromatic nitrogens is 5. The Hall–Kier alpha value is -2.85. The zero-order valence-electron chi connectivity index (χ0n) is 21.7. The highest BCUT2D eigenvalue weighted by atomic mass is 19.4. The van der Waals surface area contributed by atoms with E-state index in [9.17, 15) is 22.0 Å². The second-order valence-corrected chi connectivity index (χ2v) is 10.7. The van der Waals surface area contributed by atoms with Crippen LogP contribution in [0.1, 0.15) is 37.1 Å². The highest BCUT2D eigenvalue weighted by Gasteiger charge is 2.36. The Bertz CT molecular complexity index is 1530. The lowest BCUT2D eigenvalue weighted by molar-refractivity contribution is -0.142. The standard InChI is InChI=1S/C24H18B6F5N5O/c25-23(26,27)19-17(20(41-38-19)24(28,29)30)13-5-16-18(36-6-13)15(14-7-37-40(9-14)11-22(33,34)35)10-39(16)8-12-1-3-21(31,32)4-2-12/h5-7,9-10,12H,1-4,8,11H2. The van der Waals surface area contributed by atoms with Crippen LogP contribution in [0.15, 0.2) is 35.4 Å². The van der Waals surface area contributed by atoms with Gasteiger partial charge >= 0.3 is 6.18 Å². The van der Waals surface area contributed by atoms with Crippen molar-refractivity contribution in [1.82, 2.24) is 24.5 Å². The van der Waals surface area contributed by atoms with E-state index in [0.29, 0.717) is 47.1 Å². The zero-order chi connectivity index (χ0) is 30.0. The van der Waals surface area contributed by atoms with Crippen LogP contribution in [0.5, 0.6) is 0 Å². The molecule has 4 heterocycles. The van der Waals surface area contributed by atoms with Gasteiger partial charge in [0.25, 0.3) is 0 Å². The summed E-state index contributed by atoms with van der Waals surface area (Å²) in [5, 5.41) is 3.67. The van der Waals surface area contributed by atoms with E-state index in [1.807, 2.05) is 4.57 Å². The summed E-state index contributed by atoms with van der Waals surface area (Å²) in [6, 6.07) is 1.67. The first kappa shape index (κ1) is 29.6. The summed E-state index contributed by atoms with van der Waals surface area (Å²) in [7, 11) is 35.4. The van der Waals surface area contributed by atoms with Crippen LogP contribution >= 0.6 is 0 Å². The summed E-state index contributed by atoms with van der Waals surface area (Å²) in [6.07, 6.45) is 1.34. The predicted molar refractivity (Wildman–Crippen MR) is 147 cm³/mol. The summed E-state index contributed by atoms with van der Waals surface area (Å²) in [5.41, 5.74) is 2.14. The van der Waals surface area contributed by atoms with Crippen molar-refractivity contribution in [2.75, 3.05) is 0 Å². The lowest BCUT2D eigenvalue weighted by Gasteiger charge is -2.28. The van der Waals surface area contributed by atoms with Crippen LogP contribution < -0.4 is 0 Å². The van der Waals surface area contributed by atoms with Gasteiger partial charge in [-0.15, -0.1) is 0 Å². The molecule has 0 spiro atoms. The summed E-state index contributed by atoms with van der Waals surface area (Å²) >= 11 is 0. The number of rotatable bonds is 7. The van der Waals surface area contributed by atoms with Gasteiger partial charge in [-0.05, 0) is 24.8 Å². The molecule has 198 valence electrons. The average molecular weight is 552 g/mol. The fraction of sp³-hybridized carbons (Fsp3) is 0.458. The zero-order valence-corrected chi connectivity index (χ0v) is 21.7. The number of alkyl halides is 5. The topological polar surface area (TPSA) is 61.7 Å². The number of nitrogens with zero attached hydrogens (tertiary/aromatic N) is 5. The fourth-order valence-corrected chi connectivity index (χ4v) is 5.15. The van der Waals surface area contributed by atoms with Gasteiger partial charge in [-0.25, -0.2) is 8.78 Å². The van der Waals surface area contributed by atoms with E-state index in [2.05, 4.69) is 15.2 Å². The monoisotopic (exact) mass is 553 g/mol. The number of pyridine rings is 1. The molecule has 0 amide bonds. The van der Waals surface area contributed by atoms with Gasteiger partial charge in [-0.3, -0.25) is 9.67 Å². The van der Waals surface area contributed by atoms with Crippen LogP contribution in [0.25, 0.3) is 33.3 Å². The van der Waals surface area contributed by atoms with E-state index < -0.39 is 28.9 Å². The minimum Gasteiger partial charge on any atom is -0.362 e. The third-order valence-electron chi connectivity index (χ3n) is 7.08. The molecular formula is C24H18B6F5N5O. The SMILES string of the molecule is [B]C([B])([B])c1noc(C([B])([B])[B])c1-c1cnc2c(-c3cnn(CC(F)(F)F)c3)cn(CC3CCC(F)(F)CC3)c2c1. The highest BCUT2D eigenvalue weighted by molar-refractivity contribution is 6.60. The van der Waals surface area contributed by atoms with Gasteiger partial charge in [0.2, 0.25) is 5.92 Å². The van der Waals surface area contributed by atoms with Crippen molar-refractivity contribution in [3.63, 3.8) is 0 Å². The molecule has 0 bridgehead atoms. The highest BCUT2D eigenvalue weighted by Crippen LogP contribution is 2.40. The smallest absolute Gasteiger partial charge is 0.362 e. The summed E-state index contributed by atoms with van der Waals surface area (Å²) < 4.78 is 74.3. The van der Waals surface area contributed by atoms with Crippen molar-refractivity contribution in [2.24, 2.45) is 5.92 Å². The lowest BCUT2D eigenvalue weighted by atomic mass is 9.39. The van der Waals surface area contributed by atoms with Crippen LogP contribution in [0.4, 0.5) is 22.0 Å². The van der Waals surface area contributed by atoms with E-state index in [-0.39, 0.29) is 35.8 Å². The first-order valence-corrected chi connectivity index (χ1v) is 12.6. The number of hydrogen-bond donors (Lipinski definition) is 0. The first-order valence-electron chi connectivity index (χ1n) is 12.6. The van der Waals surface area contributed by atoms with Crippen molar-refractivity contribution in [3.8, 4) is 22.3 Å². The molecule has 0 aliphatic heterocycles. The fourth-order valence-electron chi connectivity index (χ4n) is 5.15. The third-order valence-corrected chi connectivity index (χ3v) is 7.08. The van der Waals surface area contributed by atoms with Gasteiger partial charge in [0.05, 0.1) is 70.0 Å². The molecule has 1 fully saturated rings. The Morgan fingerprint density at radius 2 is 1.63 bits per heavy atom. The summed E-state index contributed by atoms with van der Waals surface area (Å²) in [4.78, 5) is 4.57. The molecule has 4 aromatic heterocycles.